The monoisotopic (exact) mass is 209 g/mol. The van der Waals surface area contributed by atoms with Gasteiger partial charge in [-0.05, 0) is 19.5 Å². The number of likely N-dealkylation sites (N-methyl/N-ethyl adjacent to an activating group) is 1. The third-order valence-electron chi connectivity index (χ3n) is 2.83. The normalized spacial score (nSPS) is 22.1. The van der Waals surface area contributed by atoms with Crippen molar-refractivity contribution >= 4 is 5.78 Å². The van der Waals surface area contributed by atoms with Crippen LogP contribution in [0.1, 0.15) is 42.7 Å². The first kappa shape index (κ1) is 10.3. The molecule has 1 saturated heterocycles. The van der Waals surface area contributed by atoms with Gasteiger partial charge in [0.1, 0.15) is 0 Å². The number of likely N-dealkylation sites (tertiary alicyclic amines) is 1. The lowest BCUT2D eigenvalue weighted by molar-refractivity contribution is 0.100. The highest BCUT2D eigenvalue weighted by Crippen LogP contribution is 2.25. The van der Waals surface area contributed by atoms with E-state index in [1.54, 1.807) is 0 Å². The molecule has 5 heteroatoms. The second-order valence-corrected chi connectivity index (χ2v) is 3.89. The molecule has 15 heavy (non-hydrogen) atoms. The highest BCUT2D eigenvalue weighted by molar-refractivity contribution is 5.89. The number of rotatable bonds is 3. The maximum Gasteiger partial charge on any atom is 0.238 e. The van der Waals surface area contributed by atoms with E-state index in [2.05, 4.69) is 22.0 Å². The van der Waals surface area contributed by atoms with Crippen molar-refractivity contribution < 1.29 is 9.32 Å². The number of aromatic nitrogens is 2. The van der Waals surface area contributed by atoms with Crippen LogP contribution < -0.4 is 0 Å². The number of Topliss-reactive ketones (excluding diaryl/α,β-unsaturated/α-hetero) is 1. The van der Waals surface area contributed by atoms with Crippen molar-refractivity contribution in [2.24, 2.45) is 0 Å². The van der Waals surface area contributed by atoms with Crippen LogP contribution in [0.3, 0.4) is 0 Å². The number of ketones is 1. The third kappa shape index (κ3) is 2.07. The number of hydrogen-bond acceptors (Lipinski definition) is 5. The highest BCUT2D eigenvalue weighted by Gasteiger charge is 2.27. The molecule has 1 aliphatic rings. The Morgan fingerprint density at radius 1 is 1.67 bits per heavy atom. The van der Waals surface area contributed by atoms with Crippen LogP contribution in [0.4, 0.5) is 0 Å². The molecule has 1 aliphatic heterocycles. The topological polar surface area (TPSA) is 59.2 Å². The summed E-state index contributed by atoms with van der Waals surface area (Å²) in [6, 6.07) is 0. The van der Waals surface area contributed by atoms with Crippen molar-refractivity contribution in [2.75, 3.05) is 19.6 Å². The van der Waals surface area contributed by atoms with Gasteiger partial charge in [0.15, 0.2) is 0 Å². The fourth-order valence-corrected chi connectivity index (χ4v) is 1.87. The third-order valence-corrected chi connectivity index (χ3v) is 2.83. The summed E-state index contributed by atoms with van der Waals surface area (Å²) in [5.74, 6) is 0.956. The van der Waals surface area contributed by atoms with E-state index in [0.29, 0.717) is 11.8 Å². The fraction of sp³-hybridized carbons (Fsp3) is 0.700. The van der Waals surface area contributed by atoms with E-state index < -0.39 is 0 Å². The summed E-state index contributed by atoms with van der Waals surface area (Å²) in [5, 5.41) is 3.66. The first-order chi connectivity index (χ1) is 7.20. The Hall–Kier alpha value is -1.23. The lowest BCUT2D eigenvalue weighted by Gasteiger charge is -2.10. The van der Waals surface area contributed by atoms with E-state index in [1.165, 1.54) is 6.92 Å². The van der Waals surface area contributed by atoms with E-state index in [4.69, 9.17) is 4.52 Å². The van der Waals surface area contributed by atoms with Gasteiger partial charge in [0.05, 0.1) is 5.92 Å². The summed E-state index contributed by atoms with van der Waals surface area (Å²) in [6.07, 6.45) is 1.04. The summed E-state index contributed by atoms with van der Waals surface area (Å²) in [5.41, 5.74) is 0. The minimum absolute atomic E-state index is 0.143. The molecule has 0 aromatic carbocycles. The Morgan fingerprint density at radius 3 is 3.00 bits per heavy atom. The Labute approximate surface area is 88.5 Å². The molecule has 0 spiro atoms. The second-order valence-electron chi connectivity index (χ2n) is 3.89. The average Bonchev–Trinajstić information content (AvgIpc) is 2.86. The highest BCUT2D eigenvalue weighted by atomic mass is 16.5. The van der Waals surface area contributed by atoms with Crippen LogP contribution >= 0.6 is 0 Å². The largest absolute Gasteiger partial charge is 0.339 e. The van der Waals surface area contributed by atoms with E-state index >= 15 is 0 Å². The zero-order valence-corrected chi connectivity index (χ0v) is 9.06. The molecule has 1 fully saturated rings. The molecule has 2 rings (SSSR count). The molecule has 0 radical (unpaired) electrons. The fourth-order valence-electron chi connectivity index (χ4n) is 1.87. The minimum atomic E-state index is -0.143. The quantitative estimate of drug-likeness (QED) is 0.697. The number of carbonyl (C=O) groups excluding carboxylic acids is 1. The SMILES string of the molecule is CCN1CCC(c2nc(C(C)=O)no2)C1. The van der Waals surface area contributed by atoms with Crippen molar-refractivity contribution in [3.8, 4) is 0 Å². The zero-order valence-electron chi connectivity index (χ0n) is 9.06. The molecule has 1 atom stereocenters. The maximum absolute atomic E-state index is 11.0. The van der Waals surface area contributed by atoms with E-state index in [1.807, 2.05) is 0 Å². The molecule has 5 nitrogen and oxygen atoms in total. The van der Waals surface area contributed by atoms with Crippen molar-refractivity contribution in [3.05, 3.63) is 11.7 Å². The van der Waals surface area contributed by atoms with Crippen LogP contribution in [0.2, 0.25) is 0 Å². The van der Waals surface area contributed by atoms with Crippen LogP contribution in [-0.4, -0.2) is 40.5 Å². The van der Waals surface area contributed by atoms with Crippen molar-refractivity contribution in [1.29, 1.82) is 0 Å². The molecule has 0 N–H and O–H groups in total. The molecule has 1 aromatic heterocycles. The van der Waals surface area contributed by atoms with Crippen LogP contribution in [-0.2, 0) is 0 Å². The van der Waals surface area contributed by atoms with Crippen LogP contribution in [0.25, 0.3) is 0 Å². The number of nitrogens with zero attached hydrogens (tertiary/aromatic N) is 3. The van der Waals surface area contributed by atoms with Gasteiger partial charge in [-0.25, -0.2) is 0 Å². The van der Waals surface area contributed by atoms with E-state index in [0.717, 1.165) is 26.1 Å². The van der Waals surface area contributed by atoms with Crippen molar-refractivity contribution in [1.82, 2.24) is 15.0 Å². The molecule has 1 unspecified atom stereocenters. The molecule has 0 amide bonds. The van der Waals surface area contributed by atoms with E-state index in [-0.39, 0.29) is 11.6 Å². The minimum Gasteiger partial charge on any atom is -0.339 e. The summed E-state index contributed by atoms with van der Waals surface area (Å²) in [4.78, 5) is 17.4. The average molecular weight is 209 g/mol. The van der Waals surface area contributed by atoms with Crippen LogP contribution in [0.5, 0.6) is 0 Å². The lowest BCUT2D eigenvalue weighted by atomic mass is 10.1. The van der Waals surface area contributed by atoms with Crippen LogP contribution in [0, 0.1) is 0 Å². The lowest BCUT2D eigenvalue weighted by Crippen LogP contribution is -2.19. The van der Waals surface area contributed by atoms with Gasteiger partial charge in [0.2, 0.25) is 17.5 Å². The molecule has 1 aromatic rings. The molecule has 0 saturated carbocycles. The predicted molar refractivity (Wildman–Crippen MR) is 53.8 cm³/mol. The van der Waals surface area contributed by atoms with Gasteiger partial charge in [-0.3, -0.25) is 4.79 Å². The van der Waals surface area contributed by atoms with Gasteiger partial charge >= 0.3 is 0 Å². The van der Waals surface area contributed by atoms with Gasteiger partial charge in [-0.15, -0.1) is 0 Å². The Balaban J connectivity index is 2.07. The van der Waals surface area contributed by atoms with Crippen molar-refractivity contribution in [3.63, 3.8) is 0 Å². The van der Waals surface area contributed by atoms with Gasteiger partial charge in [0.25, 0.3) is 0 Å². The van der Waals surface area contributed by atoms with Crippen molar-refractivity contribution in [2.45, 2.75) is 26.2 Å². The van der Waals surface area contributed by atoms with Gasteiger partial charge in [0, 0.05) is 13.5 Å². The van der Waals surface area contributed by atoms with Gasteiger partial charge < -0.3 is 9.42 Å². The molecular formula is C10H15N3O2. The summed E-state index contributed by atoms with van der Waals surface area (Å²) in [6.45, 7) is 6.65. The molecule has 0 aliphatic carbocycles. The Kier molecular flexibility index (Phi) is 2.81. The Morgan fingerprint density at radius 2 is 2.47 bits per heavy atom. The smallest absolute Gasteiger partial charge is 0.238 e. The first-order valence-electron chi connectivity index (χ1n) is 5.27. The first-order valence-corrected chi connectivity index (χ1v) is 5.27. The van der Waals surface area contributed by atoms with Gasteiger partial charge in [-0.1, -0.05) is 12.1 Å². The van der Waals surface area contributed by atoms with Crippen LogP contribution in [0.15, 0.2) is 4.52 Å². The van der Waals surface area contributed by atoms with E-state index in [9.17, 15) is 4.79 Å². The summed E-state index contributed by atoms with van der Waals surface area (Å²) in [7, 11) is 0. The number of carbonyl (C=O) groups is 1. The second kappa shape index (κ2) is 4.10. The molecular weight excluding hydrogens is 194 g/mol. The standard InChI is InChI=1S/C10H15N3O2/c1-3-13-5-4-8(6-13)10-11-9(7(2)14)12-15-10/h8H,3-6H2,1-2H3. The maximum atomic E-state index is 11.0. The predicted octanol–water partition coefficient (Wildman–Crippen LogP) is 1.08. The zero-order chi connectivity index (χ0) is 10.8. The summed E-state index contributed by atoms with van der Waals surface area (Å²) >= 11 is 0. The molecule has 82 valence electrons. The molecule has 2 heterocycles. The summed E-state index contributed by atoms with van der Waals surface area (Å²) < 4.78 is 5.09. The molecule has 0 bridgehead atoms. The Bertz CT molecular complexity index is 361. The van der Waals surface area contributed by atoms with Gasteiger partial charge in [-0.2, -0.15) is 4.98 Å². The number of hydrogen-bond donors (Lipinski definition) is 0.